The third-order valence-electron chi connectivity index (χ3n) is 2.88. The van der Waals surface area contributed by atoms with Gasteiger partial charge in [-0.3, -0.25) is 0 Å². The summed E-state index contributed by atoms with van der Waals surface area (Å²) in [4.78, 5) is 2.36. The van der Waals surface area contributed by atoms with E-state index in [2.05, 4.69) is 20.8 Å². The van der Waals surface area contributed by atoms with Gasteiger partial charge >= 0.3 is 0 Å². The van der Waals surface area contributed by atoms with E-state index in [9.17, 15) is 4.39 Å². The Morgan fingerprint density at radius 3 is 2.60 bits per heavy atom. The topological polar surface area (TPSA) is 3.24 Å². The molecule has 0 unspecified atom stereocenters. The minimum Gasteiger partial charge on any atom is -0.371 e. The van der Waals surface area contributed by atoms with Gasteiger partial charge in [0.05, 0.1) is 0 Å². The summed E-state index contributed by atoms with van der Waals surface area (Å²) in [5, 5.41) is 0.719. The van der Waals surface area contributed by atoms with Crippen LogP contribution in [0.2, 0.25) is 0 Å². The molecule has 0 amide bonds. The minimum atomic E-state index is -0.148. The smallest absolute Gasteiger partial charge is 0.123 e. The van der Waals surface area contributed by atoms with Gasteiger partial charge in [-0.05, 0) is 43.0 Å². The Balaban J connectivity index is 2.25. The standard InChI is InChI=1S/C12H15BrFN/c13-9-10-8-11(14)4-5-12(10)15-6-2-1-3-7-15/h4-5,8H,1-3,6-7,9H2. The Bertz CT molecular complexity index is 334. The molecule has 2 rings (SSSR count). The lowest BCUT2D eigenvalue weighted by molar-refractivity contribution is 0.575. The van der Waals surface area contributed by atoms with Crippen LogP contribution in [0.3, 0.4) is 0 Å². The summed E-state index contributed by atoms with van der Waals surface area (Å²) in [5.41, 5.74) is 2.24. The second-order valence-electron chi connectivity index (χ2n) is 3.95. The van der Waals surface area contributed by atoms with Gasteiger partial charge < -0.3 is 4.90 Å². The maximum atomic E-state index is 13.1. The van der Waals surface area contributed by atoms with Gasteiger partial charge in [0.1, 0.15) is 5.82 Å². The van der Waals surface area contributed by atoms with Crippen molar-refractivity contribution in [3.05, 3.63) is 29.6 Å². The van der Waals surface area contributed by atoms with Gasteiger partial charge in [-0.2, -0.15) is 0 Å². The number of anilines is 1. The molecule has 0 radical (unpaired) electrons. The van der Waals surface area contributed by atoms with Crippen molar-refractivity contribution in [3.8, 4) is 0 Å². The van der Waals surface area contributed by atoms with E-state index in [-0.39, 0.29) is 5.82 Å². The molecule has 0 saturated carbocycles. The van der Waals surface area contributed by atoms with Crippen LogP contribution in [0.4, 0.5) is 10.1 Å². The molecule has 3 heteroatoms. The average Bonchev–Trinajstić information content (AvgIpc) is 2.30. The second-order valence-corrected chi connectivity index (χ2v) is 4.52. The maximum Gasteiger partial charge on any atom is 0.123 e. The van der Waals surface area contributed by atoms with Crippen molar-refractivity contribution in [2.24, 2.45) is 0 Å². The van der Waals surface area contributed by atoms with Crippen molar-refractivity contribution in [1.82, 2.24) is 0 Å². The summed E-state index contributed by atoms with van der Waals surface area (Å²) in [6.07, 6.45) is 3.82. The Morgan fingerprint density at radius 1 is 1.20 bits per heavy atom. The van der Waals surface area contributed by atoms with Crippen LogP contribution in [0.25, 0.3) is 0 Å². The van der Waals surface area contributed by atoms with Crippen LogP contribution in [0.5, 0.6) is 0 Å². The highest BCUT2D eigenvalue weighted by Crippen LogP contribution is 2.26. The van der Waals surface area contributed by atoms with Crippen LogP contribution in [-0.2, 0) is 5.33 Å². The third-order valence-corrected chi connectivity index (χ3v) is 3.49. The Hall–Kier alpha value is -0.570. The summed E-state index contributed by atoms with van der Waals surface area (Å²) in [7, 11) is 0. The molecular weight excluding hydrogens is 257 g/mol. The third kappa shape index (κ3) is 2.51. The lowest BCUT2D eigenvalue weighted by Gasteiger charge is -2.30. The van der Waals surface area contributed by atoms with E-state index in [1.165, 1.54) is 24.9 Å². The highest BCUT2D eigenvalue weighted by molar-refractivity contribution is 9.08. The molecule has 1 heterocycles. The van der Waals surface area contributed by atoms with E-state index in [1.54, 1.807) is 12.1 Å². The van der Waals surface area contributed by atoms with Gasteiger partial charge in [-0.15, -0.1) is 0 Å². The summed E-state index contributed by atoms with van der Waals surface area (Å²) < 4.78 is 13.1. The number of nitrogens with zero attached hydrogens (tertiary/aromatic N) is 1. The molecule has 0 atom stereocenters. The predicted octanol–water partition coefficient (Wildman–Crippen LogP) is 3.71. The van der Waals surface area contributed by atoms with E-state index in [4.69, 9.17) is 0 Å². The van der Waals surface area contributed by atoms with Crippen molar-refractivity contribution in [2.45, 2.75) is 24.6 Å². The largest absolute Gasteiger partial charge is 0.371 e. The molecular formula is C12H15BrFN. The van der Waals surface area contributed by atoms with Crippen molar-refractivity contribution < 1.29 is 4.39 Å². The molecule has 1 aliphatic heterocycles. The molecule has 0 spiro atoms. The number of alkyl halides is 1. The summed E-state index contributed by atoms with van der Waals surface area (Å²) in [6.45, 7) is 2.21. The number of hydrogen-bond acceptors (Lipinski definition) is 1. The molecule has 0 N–H and O–H groups in total. The lowest BCUT2D eigenvalue weighted by Crippen LogP contribution is -2.30. The van der Waals surface area contributed by atoms with Gasteiger partial charge in [0.2, 0.25) is 0 Å². The van der Waals surface area contributed by atoms with Crippen molar-refractivity contribution >= 4 is 21.6 Å². The first kappa shape index (κ1) is 10.9. The Morgan fingerprint density at radius 2 is 1.93 bits per heavy atom. The van der Waals surface area contributed by atoms with E-state index in [1.807, 2.05) is 6.07 Å². The minimum absolute atomic E-state index is 0.148. The molecule has 1 fully saturated rings. The van der Waals surface area contributed by atoms with Crippen molar-refractivity contribution in [2.75, 3.05) is 18.0 Å². The molecule has 0 bridgehead atoms. The van der Waals surface area contributed by atoms with Crippen LogP contribution in [-0.4, -0.2) is 13.1 Å². The van der Waals surface area contributed by atoms with Crippen LogP contribution >= 0.6 is 15.9 Å². The molecule has 1 nitrogen and oxygen atoms in total. The van der Waals surface area contributed by atoms with E-state index < -0.39 is 0 Å². The number of benzene rings is 1. The summed E-state index contributed by atoms with van der Waals surface area (Å²) in [6, 6.07) is 5.08. The monoisotopic (exact) mass is 271 g/mol. The highest BCUT2D eigenvalue weighted by Gasteiger charge is 2.14. The fraction of sp³-hybridized carbons (Fsp3) is 0.500. The van der Waals surface area contributed by atoms with Crippen molar-refractivity contribution in [1.29, 1.82) is 0 Å². The first-order valence-electron chi connectivity index (χ1n) is 5.40. The molecule has 15 heavy (non-hydrogen) atoms. The SMILES string of the molecule is Fc1ccc(N2CCCCC2)c(CBr)c1. The predicted molar refractivity (Wildman–Crippen MR) is 65.1 cm³/mol. The summed E-state index contributed by atoms with van der Waals surface area (Å²) >= 11 is 3.42. The maximum absolute atomic E-state index is 13.1. The zero-order valence-electron chi connectivity index (χ0n) is 8.68. The van der Waals surface area contributed by atoms with E-state index in [0.717, 1.165) is 24.0 Å². The van der Waals surface area contributed by atoms with Gasteiger partial charge in [-0.25, -0.2) is 4.39 Å². The molecule has 0 aliphatic carbocycles. The zero-order chi connectivity index (χ0) is 10.7. The van der Waals surface area contributed by atoms with Gasteiger partial charge in [0.25, 0.3) is 0 Å². The van der Waals surface area contributed by atoms with Crippen molar-refractivity contribution in [3.63, 3.8) is 0 Å². The van der Waals surface area contributed by atoms with Crippen LogP contribution < -0.4 is 4.90 Å². The number of rotatable bonds is 2. The normalized spacial score (nSPS) is 16.8. The van der Waals surface area contributed by atoms with E-state index in [0.29, 0.717) is 0 Å². The Labute approximate surface area is 98.4 Å². The lowest BCUT2D eigenvalue weighted by atomic mass is 10.1. The highest BCUT2D eigenvalue weighted by atomic mass is 79.9. The van der Waals surface area contributed by atoms with Gasteiger partial charge in [-0.1, -0.05) is 15.9 Å². The van der Waals surface area contributed by atoms with Crippen LogP contribution in [0.1, 0.15) is 24.8 Å². The molecule has 1 aromatic rings. The zero-order valence-corrected chi connectivity index (χ0v) is 10.3. The molecule has 0 aromatic heterocycles. The fourth-order valence-electron chi connectivity index (χ4n) is 2.10. The second kappa shape index (κ2) is 4.97. The van der Waals surface area contributed by atoms with Crippen LogP contribution in [0, 0.1) is 5.82 Å². The fourth-order valence-corrected chi connectivity index (χ4v) is 2.55. The first-order chi connectivity index (χ1) is 7.31. The summed E-state index contributed by atoms with van der Waals surface area (Å²) in [5.74, 6) is -0.148. The number of hydrogen-bond donors (Lipinski definition) is 0. The number of piperidine rings is 1. The molecule has 1 aliphatic rings. The van der Waals surface area contributed by atoms with Crippen LogP contribution in [0.15, 0.2) is 18.2 Å². The quantitative estimate of drug-likeness (QED) is 0.742. The van der Waals surface area contributed by atoms with E-state index >= 15 is 0 Å². The van der Waals surface area contributed by atoms with Gasteiger partial charge in [0.15, 0.2) is 0 Å². The Kier molecular flexibility index (Phi) is 3.62. The molecule has 82 valence electrons. The van der Waals surface area contributed by atoms with Gasteiger partial charge in [0, 0.05) is 24.1 Å². The molecule has 1 saturated heterocycles. The number of halogens is 2. The first-order valence-corrected chi connectivity index (χ1v) is 6.53. The molecule has 1 aromatic carbocycles. The average molecular weight is 272 g/mol.